The molecule has 1 aromatic heterocycles. The van der Waals surface area contributed by atoms with Crippen molar-refractivity contribution in [1.82, 2.24) is 0 Å². The van der Waals surface area contributed by atoms with E-state index in [1.807, 2.05) is 46.8 Å². The van der Waals surface area contributed by atoms with E-state index in [1.54, 1.807) is 0 Å². The van der Waals surface area contributed by atoms with Gasteiger partial charge in [0.25, 0.3) is 0 Å². The molecule has 4 rings (SSSR count). The average molecular weight is 342 g/mol. The lowest BCUT2D eigenvalue weighted by molar-refractivity contribution is 0.0173. The van der Waals surface area contributed by atoms with E-state index in [2.05, 4.69) is 0 Å². The highest BCUT2D eigenvalue weighted by molar-refractivity contribution is 5.97. The largest absolute Gasteiger partial charge is 0.489 e. The Balaban J connectivity index is 2.18. The van der Waals surface area contributed by atoms with Crippen molar-refractivity contribution in [2.75, 3.05) is 0 Å². The number of ether oxygens (including phenoxy) is 2. The van der Waals surface area contributed by atoms with E-state index in [9.17, 15) is 9.90 Å². The summed E-state index contributed by atoms with van der Waals surface area (Å²) in [6.45, 7) is 9.63. The first-order valence-corrected chi connectivity index (χ1v) is 8.57. The van der Waals surface area contributed by atoms with Gasteiger partial charge in [-0.3, -0.25) is 0 Å². The maximum Gasteiger partial charge on any atom is 0.336 e. The van der Waals surface area contributed by atoms with Crippen LogP contribution in [0.4, 0.5) is 0 Å². The van der Waals surface area contributed by atoms with Crippen LogP contribution < -0.4 is 15.1 Å². The number of rotatable bonds is 0. The first-order chi connectivity index (χ1) is 11.7. The van der Waals surface area contributed by atoms with Gasteiger partial charge in [0.15, 0.2) is 5.58 Å². The Hall–Kier alpha value is -2.27. The van der Waals surface area contributed by atoms with Crippen LogP contribution in [0.25, 0.3) is 17.0 Å². The molecule has 2 aliphatic heterocycles. The fourth-order valence-electron chi connectivity index (χ4n) is 3.61. The number of aliphatic hydroxyl groups is 1. The van der Waals surface area contributed by atoms with Crippen LogP contribution in [-0.2, 0) is 0 Å². The Morgan fingerprint density at radius 3 is 2.64 bits per heavy atom. The lowest BCUT2D eigenvalue weighted by atomic mass is 9.85. The van der Waals surface area contributed by atoms with E-state index in [0.717, 1.165) is 16.5 Å². The number of hydrogen-bond donors (Lipinski definition) is 1. The molecule has 0 saturated heterocycles. The monoisotopic (exact) mass is 342 g/mol. The minimum Gasteiger partial charge on any atom is -0.489 e. The lowest BCUT2D eigenvalue weighted by Gasteiger charge is -2.37. The second kappa shape index (κ2) is 5.11. The molecule has 25 heavy (non-hydrogen) atoms. The Bertz CT molecular complexity index is 966. The minimum absolute atomic E-state index is 0.121. The molecule has 2 aliphatic rings. The van der Waals surface area contributed by atoms with E-state index in [4.69, 9.17) is 13.9 Å². The summed E-state index contributed by atoms with van der Waals surface area (Å²) in [6, 6.07) is 1.45. The van der Waals surface area contributed by atoms with Crippen LogP contribution in [0.5, 0.6) is 11.5 Å². The van der Waals surface area contributed by atoms with Crippen LogP contribution in [-0.4, -0.2) is 16.8 Å². The molecule has 3 heterocycles. The van der Waals surface area contributed by atoms with E-state index in [0.29, 0.717) is 22.6 Å². The Kier molecular flexibility index (Phi) is 3.32. The number of benzene rings is 1. The van der Waals surface area contributed by atoms with Gasteiger partial charge < -0.3 is 19.0 Å². The van der Waals surface area contributed by atoms with Gasteiger partial charge >= 0.3 is 5.63 Å². The first-order valence-electron chi connectivity index (χ1n) is 8.57. The first kappa shape index (κ1) is 16.2. The summed E-state index contributed by atoms with van der Waals surface area (Å²) < 4.78 is 17.9. The maximum atomic E-state index is 12.0. The molecule has 0 bridgehead atoms. The third-order valence-corrected chi connectivity index (χ3v) is 5.22. The smallest absolute Gasteiger partial charge is 0.336 e. The van der Waals surface area contributed by atoms with Gasteiger partial charge in [-0.25, -0.2) is 4.79 Å². The summed E-state index contributed by atoms with van der Waals surface area (Å²) in [7, 11) is 0. The second-order valence-electron chi connectivity index (χ2n) is 7.60. The quantitative estimate of drug-likeness (QED) is 0.739. The summed E-state index contributed by atoms with van der Waals surface area (Å²) in [5.74, 6) is 1.06. The molecule has 0 spiro atoms. The van der Waals surface area contributed by atoms with Crippen LogP contribution in [0.3, 0.4) is 0 Å². The molecule has 132 valence electrons. The zero-order chi connectivity index (χ0) is 18.1. The average Bonchev–Trinajstić information content (AvgIpc) is 2.50. The van der Waals surface area contributed by atoms with Gasteiger partial charge in [-0.05, 0) is 45.4 Å². The molecule has 1 aromatic carbocycles. The molecule has 3 atom stereocenters. The van der Waals surface area contributed by atoms with Gasteiger partial charge in [-0.2, -0.15) is 0 Å². The zero-order valence-electron chi connectivity index (χ0n) is 15.0. The maximum absolute atomic E-state index is 12.0. The van der Waals surface area contributed by atoms with Gasteiger partial charge in [-0.15, -0.1) is 0 Å². The van der Waals surface area contributed by atoms with Gasteiger partial charge in [0, 0.05) is 12.0 Å². The molecule has 2 aromatic rings. The fourth-order valence-corrected chi connectivity index (χ4v) is 3.61. The van der Waals surface area contributed by atoms with Crippen molar-refractivity contribution in [3.63, 3.8) is 0 Å². The standard InChI is InChI=1S/C20H22O5/c1-9-8-13(21)24-19-14(9)18-12(6-7-20(4,5)25-18)17-15(19)16(22)10(2)11(3)23-17/h6-8,10-11,16,22H,1-5H3/t10-,11-,16+/m0/s1. The van der Waals surface area contributed by atoms with Gasteiger partial charge in [0.05, 0.1) is 22.6 Å². The molecule has 0 radical (unpaired) electrons. The molecule has 0 amide bonds. The number of aliphatic hydroxyl groups excluding tert-OH is 1. The highest BCUT2D eigenvalue weighted by atomic mass is 16.5. The van der Waals surface area contributed by atoms with Crippen LogP contribution in [0.2, 0.25) is 0 Å². The van der Waals surface area contributed by atoms with Crippen molar-refractivity contribution in [2.24, 2.45) is 5.92 Å². The predicted molar refractivity (Wildman–Crippen MR) is 95.2 cm³/mol. The van der Waals surface area contributed by atoms with Gasteiger partial charge in [0.2, 0.25) is 0 Å². The third kappa shape index (κ3) is 2.29. The highest BCUT2D eigenvalue weighted by Crippen LogP contribution is 2.51. The van der Waals surface area contributed by atoms with Gasteiger partial charge in [0.1, 0.15) is 23.2 Å². The Morgan fingerprint density at radius 2 is 1.92 bits per heavy atom. The minimum atomic E-state index is -0.778. The Morgan fingerprint density at radius 1 is 1.20 bits per heavy atom. The molecular weight excluding hydrogens is 320 g/mol. The van der Waals surface area contributed by atoms with Gasteiger partial charge in [-0.1, -0.05) is 6.92 Å². The van der Waals surface area contributed by atoms with Crippen molar-refractivity contribution in [3.8, 4) is 11.5 Å². The van der Waals surface area contributed by atoms with E-state index in [-0.39, 0.29) is 12.0 Å². The summed E-state index contributed by atoms with van der Waals surface area (Å²) >= 11 is 0. The predicted octanol–water partition coefficient (Wildman–Crippen LogP) is 3.74. The molecule has 0 fully saturated rings. The van der Waals surface area contributed by atoms with Crippen LogP contribution in [0.1, 0.15) is 50.5 Å². The van der Waals surface area contributed by atoms with Crippen molar-refractivity contribution in [2.45, 2.75) is 52.4 Å². The molecule has 0 saturated carbocycles. The third-order valence-electron chi connectivity index (χ3n) is 5.22. The van der Waals surface area contributed by atoms with Crippen molar-refractivity contribution < 1.29 is 19.0 Å². The molecule has 1 N–H and O–H groups in total. The number of fused-ring (bicyclic) bond motifs is 6. The van der Waals surface area contributed by atoms with Crippen LogP contribution >= 0.6 is 0 Å². The summed E-state index contributed by atoms with van der Waals surface area (Å²) in [5, 5.41) is 11.6. The molecule has 5 heteroatoms. The van der Waals surface area contributed by atoms with Crippen molar-refractivity contribution in [3.05, 3.63) is 39.3 Å². The normalized spacial score (nSPS) is 26.6. The highest BCUT2D eigenvalue weighted by Gasteiger charge is 2.39. The van der Waals surface area contributed by atoms with Crippen molar-refractivity contribution in [1.29, 1.82) is 0 Å². The van der Waals surface area contributed by atoms with Crippen LogP contribution in [0, 0.1) is 12.8 Å². The molecule has 0 aliphatic carbocycles. The van der Waals surface area contributed by atoms with Crippen LogP contribution in [0.15, 0.2) is 21.4 Å². The topological polar surface area (TPSA) is 68.9 Å². The zero-order valence-corrected chi connectivity index (χ0v) is 15.0. The fraction of sp³-hybridized carbons (Fsp3) is 0.450. The molecule has 5 nitrogen and oxygen atoms in total. The summed E-state index contributed by atoms with van der Waals surface area (Å²) in [6.07, 6.45) is 2.99. The second-order valence-corrected chi connectivity index (χ2v) is 7.60. The van der Waals surface area contributed by atoms with E-state index < -0.39 is 17.3 Å². The number of aryl methyl sites for hydroxylation is 1. The molecule has 0 unspecified atom stereocenters. The molecular formula is C20H22O5. The SMILES string of the molecule is Cc1cc(=O)oc2c3c(c4c(c12)OC(C)(C)C=C4)O[C@@H](C)[C@H](C)[C@H]3O. The lowest BCUT2D eigenvalue weighted by Crippen LogP contribution is -2.34. The summed E-state index contributed by atoms with van der Waals surface area (Å²) in [5.41, 5.74) is 1.51. The Labute approximate surface area is 145 Å². The summed E-state index contributed by atoms with van der Waals surface area (Å²) in [4.78, 5) is 12.0. The van der Waals surface area contributed by atoms with E-state index >= 15 is 0 Å². The van der Waals surface area contributed by atoms with Crippen molar-refractivity contribution >= 4 is 17.0 Å². The number of hydrogen-bond acceptors (Lipinski definition) is 5. The van der Waals surface area contributed by atoms with E-state index in [1.165, 1.54) is 6.07 Å².